The van der Waals surface area contributed by atoms with E-state index in [1.54, 1.807) is 17.1 Å². The molecule has 0 radical (unpaired) electrons. The van der Waals surface area contributed by atoms with Gasteiger partial charge >= 0.3 is 0 Å². The Labute approximate surface area is 166 Å². The fourth-order valence-electron chi connectivity index (χ4n) is 3.37. The normalized spacial score (nSPS) is 17.0. The standard InChI is InChI=1S/C21H25N3O3S/c1-14(2)21(25)24-20(16-10-6-5-9-15(16)3)13-19(22-24)17-11-7-8-12-18(17)23-28(4,26)27/h5-12,14,20,23H,13H2,1-4H3. The van der Waals surface area contributed by atoms with Crippen LogP contribution in [0.2, 0.25) is 0 Å². The van der Waals surface area contributed by atoms with Gasteiger partial charge in [0.15, 0.2) is 0 Å². The van der Waals surface area contributed by atoms with Gasteiger partial charge in [-0.05, 0) is 24.1 Å². The SMILES string of the molecule is Cc1ccccc1C1CC(c2ccccc2NS(C)(=O)=O)=NN1C(=O)C(C)C. The van der Waals surface area contributed by atoms with Gasteiger partial charge in [0.25, 0.3) is 0 Å². The van der Waals surface area contributed by atoms with E-state index in [0.717, 1.165) is 17.4 Å². The van der Waals surface area contributed by atoms with Crippen molar-refractivity contribution in [3.63, 3.8) is 0 Å². The van der Waals surface area contributed by atoms with Crippen LogP contribution in [0, 0.1) is 12.8 Å². The second-order valence-electron chi connectivity index (χ2n) is 7.38. The summed E-state index contributed by atoms with van der Waals surface area (Å²) in [4.78, 5) is 12.8. The summed E-state index contributed by atoms with van der Waals surface area (Å²) in [5.74, 6) is -0.254. The number of carbonyl (C=O) groups is 1. The Hall–Kier alpha value is -2.67. The Morgan fingerprint density at radius 3 is 2.43 bits per heavy atom. The van der Waals surface area contributed by atoms with E-state index in [1.165, 1.54) is 0 Å². The number of nitrogens with zero attached hydrogens (tertiary/aromatic N) is 2. The third kappa shape index (κ3) is 4.25. The van der Waals surface area contributed by atoms with Crippen molar-refractivity contribution >= 4 is 27.3 Å². The van der Waals surface area contributed by atoms with Crippen LogP contribution in [-0.4, -0.2) is 31.3 Å². The number of rotatable bonds is 5. The highest BCUT2D eigenvalue weighted by Gasteiger charge is 2.35. The highest BCUT2D eigenvalue weighted by atomic mass is 32.2. The Morgan fingerprint density at radius 2 is 1.79 bits per heavy atom. The number of aryl methyl sites for hydroxylation is 1. The van der Waals surface area contributed by atoms with E-state index >= 15 is 0 Å². The molecule has 0 saturated heterocycles. The Bertz CT molecular complexity index is 1030. The molecular formula is C21H25N3O3S. The van der Waals surface area contributed by atoms with Gasteiger partial charge in [0.05, 0.1) is 23.7 Å². The number of hydrogen-bond donors (Lipinski definition) is 1. The monoisotopic (exact) mass is 399 g/mol. The molecule has 1 aliphatic rings. The zero-order chi connectivity index (χ0) is 20.5. The number of carbonyl (C=O) groups excluding carboxylic acids is 1. The minimum atomic E-state index is -3.43. The van der Waals surface area contributed by atoms with E-state index in [4.69, 9.17) is 0 Å². The molecule has 6 nitrogen and oxygen atoms in total. The maximum absolute atomic E-state index is 12.8. The summed E-state index contributed by atoms with van der Waals surface area (Å²) in [5, 5.41) is 6.19. The second-order valence-corrected chi connectivity index (χ2v) is 9.13. The summed E-state index contributed by atoms with van der Waals surface area (Å²) in [5.41, 5.74) is 3.97. The van der Waals surface area contributed by atoms with Crippen LogP contribution in [0.5, 0.6) is 0 Å². The smallest absolute Gasteiger partial charge is 0.245 e. The van der Waals surface area contributed by atoms with Gasteiger partial charge in [0.2, 0.25) is 15.9 Å². The largest absolute Gasteiger partial charge is 0.283 e. The van der Waals surface area contributed by atoms with E-state index in [9.17, 15) is 13.2 Å². The van der Waals surface area contributed by atoms with E-state index in [1.807, 2.05) is 57.2 Å². The van der Waals surface area contributed by atoms with Crippen molar-refractivity contribution in [2.45, 2.75) is 33.2 Å². The molecule has 1 unspecified atom stereocenters. The summed E-state index contributed by atoms with van der Waals surface area (Å²) < 4.78 is 26.0. The molecule has 3 rings (SSSR count). The zero-order valence-corrected chi connectivity index (χ0v) is 17.3. The van der Waals surface area contributed by atoms with Crippen LogP contribution >= 0.6 is 0 Å². The fourth-order valence-corrected chi connectivity index (χ4v) is 3.94. The van der Waals surface area contributed by atoms with E-state index in [-0.39, 0.29) is 17.9 Å². The van der Waals surface area contributed by atoms with Gasteiger partial charge < -0.3 is 0 Å². The molecule has 1 N–H and O–H groups in total. The summed E-state index contributed by atoms with van der Waals surface area (Å²) in [7, 11) is -3.43. The number of hydrazone groups is 1. The lowest BCUT2D eigenvalue weighted by molar-refractivity contribution is -0.136. The molecule has 148 valence electrons. The maximum atomic E-state index is 12.8. The van der Waals surface area contributed by atoms with Crippen molar-refractivity contribution in [3.8, 4) is 0 Å². The molecule has 0 aromatic heterocycles. The Balaban J connectivity index is 2.05. The highest BCUT2D eigenvalue weighted by Crippen LogP contribution is 2.36. The third-order valence-corrected chi connectivity index (χ3v) is 5.30. The van der Waals surface area contributed by atoms with Crippen molar-refractivity contribution in [1.29, 1.82) is 0 Å². The molecule has 0 fully saturated rings. The number of amides is 1. The number of anilines is 1. The van der Waals surface area contributed by atoms with Crippen LogP contribution in [0.1, 0.15) is 43.0 Å². The molecule has 0 spiro atoms. The molecule has 0 saturated carbocycles. The first-order chi connectivity index (χ1) is 13.2. The topological polar surface area (TPSA) is 78.8 Å². The maximum Gasteiger partial charge on any atom is 0.245 e. The predicted molar refractivity (Wildman–Crippen MR) is 112 cm³/mol. The molecule has 0 aliphatic carbocycles. The van der Waals surface area contributed by atoms with E-state index in [2.05, 4.69) is 9.82 Å². The molecule has 1 heterocycles. The van der Waals surface area contributed by atoms with E-state index in [0.29, 0.717) is 23.4 Å². The van der Waals surface area contributed by atoms with Gasteiger partial charge in [-0.3, -0.25) is 9.52 Å². The van der Waals surface area contributed by atoms with Gasteiger partial charge in [-0.15, -0.1) is 0 Å². The lowest BCUT2D eigenvalue weighted by Gasteiger charge is -2.24. The van der Waals surface area contributed by atoms with Gasteiger partial charge in [0.1, 0.15) is 0 Å². The minimum Gasteiger partial charge on any atom is -0.283 e. The summed E-state index contributed by atoms with van der Waals surface area (Å²) in [6.07, 6.45) is 1.64. The van der Waals surface area contributed by atoms with Crippen LogP contribution in [0.15, 0.2) is 53.6 Å². The quantitative estimate of drug-likeness (QED) is 0.833. The number of hydrogen-bond acceptors (Lipinski definition) is 4. The number of benzene rings is 2. The number of nitrogens with one attached hydrogen (secondary N) is 1. The fraction of sp³-hybridized carbons (Fsp3) is 0.333. The van der Waals surface area contributed by atoms with Gasteiger partial charge in [-0.2, -0.15) is 5.10 Å². The highest BCUT2D eigenvalue weighted by molar-refractivity contribution is 7.92. The predicted octanol–water partition coefficient (Wildman–Crippen LogP) is 3.70. The second kappa shape index (κ2) is 7.75. The van der Waals surface area contributed by atoms with Crippen LogP contribution in [0.4, 0.5) is 5.69 Å². The molecule has 0 bridgehead atoms. The summed E-state index contributed by atoms with van der Waals surface area (Å²) in [6.45, 7) is 5.72. The first kappa shape index (κ1) is 20.1. The molecule has 1 atom stereocenters. The van der Waals surface area contributed by atoms with Crippen molar-refractivity contribution in [1.82, 2.24) is 5.01 Å². The van der Waals surface area contributed by atoms with Crippen molar-refractivity contribution in [3.05, 3.63) is 65.2 Å². The molecule has 2 aromatic rings. The van der Waals surface area contributed by atoms with Crippen LogP contribution < -0.4 is 4.72 Å². The van der Waals surface area contributed by atoms with Crippen LogP contribution in [-0.2, 0) is 14.8 Å². The molecule has 1 aliphatic heterocycles. The van der Waals surface area contributed by atoms with Gasteiger partial charge in [-0.1, -0.05) is 56.3 Å². The lowest BCUT2D eigenvalue weighted by Crippen LogP contribution is -2.30. The minimum absolute atomic E-state index is 0.0585. The molecule has 28 heavy (non-hydrogen) atoms. The van der Waals surface area contributed by atoms with Crippen LogP contribution in [0.25, 0.3) is 0 Å². The average molecular weight is 400 g/mol. The number of sulfonamides is 1. The lowest BCUT2D eigenvalue weighted by atomic mass is 9.94. The molecular weight excluding hydrogens is 374 g/mol. The van der Waals surface area contributed by atoms with Gasteiger partial charge in [0, 0.05) is 17.9 Å². The van der Waals surface area contributed by atoms with Crippen molar-refractivity contribution in [2.24, 2.45) is 11.0 Å². The third-order valence-electron chi connectivity index (χ3n) is 4.71. The Kier molecular flexibility index (Phi) is 5.56. The summed E-state index contributed by atoms with van der Waals surface area (Å²) >= 11 is 0. The summed E-state index contributed by atoms with van der Waals surface area (Å²) in [6, 6.07) is 14.9. The first-order valence-corrected chi connectivity index (χ1v) is 11.1. The average Bonchev–Trinajstić information content (AvgIpc) is 3.05. The zero-order valence-electron chi connectivity index (χ0n) is 16.5. The molecule has 7 heteroatoms. The van der Waals surface area contributed by atoms with Crippen molar-refractivity contribution < 1.29 is 13.2 Å². The van der Waals surface area contributed by atoms with Crippen molar-refractivity contribution in [2.75, 3.05) is 11.0 Å². The van der Waals surface area contributed by atoms with Crippen LogP contribution in [0.3, 0.4) is 0 Å². The Morgan fingerprint density at radius 1 is 1.14 bits per heavy atom. The first-order valence-electron chi connectivity index (χ1n) is 9.20. The molecule has 1 amide bonds. The van der Waals surface area contributed by atoms with E-state index < -0.39 is 10.0 Å². The number of para-hydroxylation sites is 1. The van der Waals surface area contributed by atoms with Gasteiger partial charge in [-0.25, -0.2) is 13.4 Å². The molecule has 2 aromatic carbocycles.